The summed E-state index contributed by atoms with van der Waals surface area (Å²) >= 11 is 5.71. The molecule has 0 aromatic heterocycles. The normalized spacial score (nSPS) is 26.7. The van der Waals surface area contributed by atoms with Gasteiger partial charge in [-0.05, 0) is 12.8 Å². The van der Waals surface area contributed by atoms with Gasteiger partial charge in [-0.3, -0.25) is 0 Å². The number of aliphatic hydroxyl groups is 1. The van der Waals surface area contributed by atoms with Crippen LogP contribution in [0.3, 0.4) is 0 Å². The van der Waals surface area contributed by atoms with Gasteiger partial charge in [0.25, 0.3) is 0 Å². The lowest BCUT2D eigenvalue weighted by Crippen LogP contribution is -2.35. The van der Waals surface area contributed by atoms with Gasteiger partial charge in [0.05, 0.1) is 5.41 Å². The van der Waals surface area contributed by atoms with Gasteiger partial charge in [-0.15, -0.1) is 0 Å². The zero-order chi connectivity index (χ0) is 11.5. The van der Waals surface area contributed by atoms with Crippen molar-refractivity contribution in [3.05, 3.63) is 10.8 Å². The van der Waals surface area contributed by atoms with Crippen molar-refractivity contribution in [3.63, 3.8) is 0 Å². The second-order valence-electron chi connectivity index (χ2n) is 3.98. The number of cyclic esters (lactones) is 1. The van der Waals surface area contributed by atoms with Crippen molar-refractivity contribution < 1.29 is 14.6 Å². The van der Waals surface area contributed by atoms with Crippen LogP contribution in [0.1, 0.15) is 39.5 Å². The van der Waals surface area contributed by atoms with E-state index in [1.165, 1.54) is 0 Å². The average Bonchev–Trinajstić information content (AvgIpc) is 2.26. The highest BCUT2D eigenvalue weighted by atomic mass is 35.5. The van der Waals surface area contributed by atoms with Crippen LogP contribution in [0.4, 0.5) is 0 Å². The molecule has 0 unspecified atom stereocenters. The summed E-state index contributed by atoms with van der Waals surface area (Å²) in [6.45, 7) is 4.29. The molecule has 86 valence electrons. The zero-order valence-electron chi connectivity index (χ0n) is 9.18. The molecule has 0 aromatic rings. The van der Waals surface area contributed by atoms with Crippen molar-refractivity contribution in [2.45, 2.75) is 39.5 Å². The molecule has 15 heavy (non-hydrogen) atoms. The first-order valence-corrected chi connectivity index (χ1v) is 5.71. The van der Waals surface area contributed by atoms with E-state index in [0.717, 1.165) is 25.7 Å². The molecular formula is C11H17ClO3. The van der Waals surface area contributed by atoms with Gasteiger partial charge in [-0.1, -0.05) is 38.3 Å². The molecule has 0 saturated carbocycles. The van der Waals surface area contributed by atoms with Crippen LogP contribution in [-0.4, -0.2) is 17.7 Å². The van der Waals surface area contributed by atoms with E-state index in [-0.39, 0.29) is 17.4 Å². The molecule has 4 heteroatoms. The predicted molar refractivity (Wildman–Crippen MR) is 58.7 cm³/mol. The summed E-state index contributed by atoms with van der Waals surface area (Å²) in [6.07, 6.45) is 3.55. The average molecular weight is 233 g/mol. The molecule has 0 aromatic carbocycles. The number of ether oxygens (including phenoxy) is 1. The molecule has 0 amide bonds. The van der Waals surface area contributed by atoms with Gasteiger partial charge in [0, 0.05) is 0 Å². The lowest BCUT2D eigenvalue weighted by atomic mass is 9.78. The summed E-state index contributed by atoms with van der Waals surface area (Å²) in [5.41, 5.74) is -0.457. The highest BCUT2D eigenvalue weighted by molar-refractivity contribution is 6.41. The Morgan fingerprint density at radius 2 is 2.20 bits per heavy atom. The Hall–Kier alpha value is -0.700. The van der Waals surface area contributed by atoms with Gasteiger partial charge in [0.15, 0.2) is 5.03 Å². The fourth-order valence-corrected chi connectivity index (χ4v) is 2.07. The van der Waals surface area contributed by atoms with Crippen LogP contribution in [0.15, 0.2) is 10.8 Å². The molecule has 1 aliphatic heterocycles. The van der Waals surface area contributed by atoms with E-state index in [9.17, 15) is 9.90 Å². The van der Waals surface area contributed by atoms with E-state index >= 15 is 0 Å². The Bertz CT molecular complexity index is 286. The van der Waals surface area contributed by atoms with Crippen LogP contribution in [0.2, 0.25) is 0 Å². The topological polar surface area (TPSA) is 46.5 Å². The fourth-order valence-electron chi connectivity index (χ4n) is 1.82. The third-order valence-electron chi connectivity index (χ3n) is 3.05. The number of carbonyl (C=O) groups excluding carboxylic acids is 1. The molecule has 0 spiro atoms. The van der Waals surface area contributed by atoms with E-state index in [1.54, 1.807) is 0 Å². The van der Waals surface area contributed by atoms with Crippen LogP contribution in [0, 0.1) is 5.41 Å². The molecule has 0 aliphatic carbocycles. The lowest BCUT2D eigenvalue weighted by molar-refractivity contribution is -0.145. The standard InChI is InChI=1S/C11H17ClO3/c1-3-5-6-11(4-2)7-15-10(14)8(12)9(11)13/h13H,3-7H2,1-2H3/t11-/m0/s1. The number of hydrogen-bond donors (Lipinski definition) is 1. The Labute approximate surface area is 95.1 Å². The first kappa shape index (κ1) is 12.4. The van der Waals surface area contributed by atoms with Gasteiger partial charge in [0.1, 0.15) is 12.4 Å². The Balaban J connectivity index is 2.94. The summed E-state index contributed by atoms with van der Waals surface area (Å²) in [5.74, 6) is -0.605. The first-order chi connectivity index (χ1) is 7.07. The van der Waals surface area contributed by atoms with E-state index in [2.05, 4.69) is 6.92 Å². The van der Waals surface area contributed by atoms with Gasteiger partial charge >= 0.3 is 5.97 Å². The van der Waals surface area contributed by atoms with E-state index < -0.39 is 11.4 Å². The highest BCUT2D eigenvalue weighted by Crippen LogP contribution is 2.41. The Morgan fingerprint density at radius 3 is 2.73 bits per heavy atom. The fraction of sp³-hybridized carbons (Fsp3) is 0.727. The summed E-state index contributed by atoms with van der Waals surface area (Å²) in [4.78, 5) is 11.1. The second-order valence-corrected chi connectivity index (χ2v) is 4.35. The number of carbonyl (C=O) groups is 1. The smallest absolute Gasteiger partial charge is 0.353 e. The predicted octanol–water partition coefficient (Wildman–Crippen LogP) is 3.14. The van der Waals surface area contributed by atoms with E-state index in [4.69, 9.17) is 16.3 Å². The van der Waals surface area contributed by atoms with Gasteiger partial charge in [-0.25, -0.2) is 4.79 Å². The summed E-state index contributed by atoms with van der Waals surface area (Å²) in [7, 11) is 0. The van der Waals surface area contributed by atoms with E-state index in [0.29, 0.717) is 0 Å². The van der Waals surface area contributed by atoms with E-state index in [1.807, 2.05) is 6.92 Å². The third kappa shape index (κ3) is 2.28. The number of halogens is 1. The van der Waals surface area contributed by atoms with Crippen molar-refractivity contribution in [2.24, 2.45) is 5.41 Å². The summed E-state index contributed by atoms with van der Waals surface area (Å²) < 4.78 is 4.98. The maximum Gasteiger partial charge on any atom is 0.353 e. The van der Waals surface area contributed by atoms with Crippen molar-refractivity contribution >= 4 is 17.6 Å². The number of esters is 1. The monoisotopic (exact) mass is 232 g/mol. The molecule has 1 rings (SSSR count). The van der Waals surface area contributed by atoms with Crippen molar-refractivity contribution in [2.75, 3.05) is 6.61 Å². The van der Waals surface area contributed by atoms with Crippen LogP contribution in [0.5, 0.6) is 0 Å². The van der Waals surface area contributed by atoms with Crippen LogP contribution in [-0.2, 0) is 9.53 Å². The van der Waals surface area contributed by atoms with Crippen LogP contribution in [0.25, 0.3) is 0 Å². The van der Waals surface area contributed by atoms with Crippen molar-refractivity contribution in [3.8, 4) is 0 Å². The Kier molecular flexibility index (Phi) is 4.03. The number of hydrogen-bond acceptors (Lipinski definition) is 3. The first-order valence-electron chi connectivity index (χ1n) is 5.33. The third-order valence-corrected chi connectivity index (χ3v) is 3.39. The zero-order valence-corrected chi connectivity index (χ0v) is 9.93. The van der Waals surface area contributed by atoms with Crippen molar-refractivity contribution in [1.29, 1.82) is 0 Å². The molecule has 1 atom stereocenters. The SMILES string of the molecule is CCCC[C@@]1(CC)COC(=O)C(Cl)=C1O. The van der Waals surface area contributed by atoms with Gasteiger partial charge in [-0.2, -0.15) is 0 Å². The molecule has 0 saturated heterocycles. The number of aliphatic hydroxyl groups excluding tert-OH is 1. The molecule has 1 heterocycles. The quantitative estimate of drug-likeness (QED) is 0.758. The molecule has 0 fully saturated rings. The minimum absolute atomic E-state index is 0.0105. The van der Waals surface area contributed by atoms with Crippen LogP contribution < -0.4 is 0 Å². The molecule has 3 nitrogen and oxygen atoms in total. The largest absolute Gasteiger partial charge is 0.510 e. The van der Waals surface area contributed by atoms with Gasteiger partial charge < -0.3 is 9.84 Å². The molecule has 1 N–H and O–H groups in total. The minimum Gasteiger partial charge on any atom is -0.510 e. The Morgan fingerprint density at radius 1 is 1.53 bits per heavy atom. The van der Waals surface area contributed by atoms with Crippen molar-refractivity contribution in [1.82, 2.24) is 0 Å². The van der Waals surface area contributed by atoms with Gasteiger partial charge in [0.2, 0.25) is 0 Å². The minimum atomic E-state index is -0.616. The van der Waals surface area contributed by atoms with Crippen LogP contribution >= 0.6 is 11.6 Å². The maximum absolute atomic E-state index is 11.1. The number of rotatable bonds is 4. The summed E-state index contributed by atoms with van der Waals surface area (Å²) in [6, 6.07) is 0. The summed E-state index contributed by atoms with van der Waals surface area (Å²) in [5, 5.41) is 9.78. The second kappa shape index (κ2) is 4.88. The maximum atomic E-state index is 11.1. The number of unbranched alkanes of at least 4 members (excludes halogenated alkanes) is 1. The molecular weight excluding hydrogens is 216 g/mol. The molecule has 0 bridgehead atoms. The molecule has 0 radical (unpaired) electrons. The molecule has 1 aliphatic rings. The highest BCUT2D eigenvalue weighted by Gasteiger charge is 2.41. The lowest BCUT2D eigenvalue weighted by Gasteiger charge is -2.34.